The second-order valence-electron chi connectivity index (χ2n) is 2.64. The molecule has 0 spiro atoms. The van der Waals surface area contributed by atoms with Gasteiger partial charge in [-0.2, -0.15) is 0 Å². The fourth-order valence-electron chi connectivity index (χ4n) is 0.963. The van der Waals surface area contributed by atoms with Gasteiger partial charge < -0.3 is 4.74 Å². The molecular weight excluding hydrogens is 220 g/mol. The Morgan fingerprint density at radius 3 is 2.38 bits per heavy atom. The van der Waals surface area contributed by atoms with E-state index in [9.17, 15) is 25.0 Å². The number of ether oxygens (including phenoxy) is 1. The molecule has 0 N–H and O–H groups in total. The summed E-state index contributed by atoms with van der Waals surface area (Å²) < 4.78 is 4.29. The summed E-state index contributed by atoms with van der Waals surface area (Å²) in [6.07, 6.45) is 0. The van der Waals surface area contributed by atoms with Crippen LogP contribution in [0.1, 0.15) is 10.4 Å². The quantitative estimate of drug-likeness (QED) is 0.432. The second kappa shape index (κ2) is 4.34. The molecule has 0 heterocycles. The van der Waals surface area contributed by atoms with Crippen molar-refractivity contribution in [1.29, 1.82) is 0 Å². The normalized spacial score (nSPS) is 9.56. The van der Waals surface area contributed by atoms with Crippen LogP contribution in [-0.2, 0) is 4.74 Å². The molecule has 0 saturated carbocycles. The summed E-state index contributed by atoms with van der Waals surface area (Å²) in [5, 5.41) is 20.9. The number of carbonyl (C=O) groups excluding carboxylic acids is 1. The van der Waals surface area contributed by atoms with E-state index >= 15 is 0 Å². The molecule has 0 unspecified atom stereocenters. The fraction of sp³-hybridized carbons (Fsp3) is 0.125. The van der Waals surface area contributed by atoms with Crippen LogP contribution in [0.15, 0.2) is 12.1 Å². The molecule has 0 atom stereocenters. The number of carbonyl (C=O) groups is 1. The van der Waals surface area contributed by atoms with E-state index in [4.69, 9.17) is 0 Å². The van der Waals surface area contributed by atoms with Crippen LogP contribution in [0, 0.1) is 26.3 Å². The Hall–Kier alpha value is -2.51. The molecule has 0 aliphatic carbocycles. The Bertz CT molecular complexity index is 437. The molecule has 1 rings (SSSR count). The minimum atomic E-state index is -0.924. The van der Waals surface area contributed by atoms with E-state index in [0.717, 1.165) is 13.2 Å². The lowest BCUT2D eigenvalue weighted by Crippen LogP contribution is -2.04. The minimum Gasteiger partial charge on any atom is -0.465 e. The fourth-order valence-corrected chi connectivity index (χ4v) is 0.963. The molecule has 0 bridgehead atoms. The highest BCUT2D eigenvalue weighted by atomic mass is 16.6. The van der Waals surface area contributed by atoms with Crippen molar-refractivity contribution in [2.75, 3.05) is 7.11 Å². The molecule has 0 saturated heterocycles. The van der Waals surface area contributed by atoms with Crippen molar-refractivity contribution in [3.8, 4) is 0 Å². The van der Waals surface area contributed by atoms with Crippen LogP contribution in [-0.4, -0.2) is 22.9 Å². The third-order valence-corrected chi connectivity index (χ3v) is 1.65. The monoisotopic (exact) mass is 225 g/mol. The molecule has 8 nitrogen and oxygen atoms in total. The molecule has 0 fully saturated rings. The van der Waals surface area contributed by atoms with Crippen molar-refractivity contribution in [3.63, 3.8) is 0 Å². The lowest BCUT2D eigenvalue weighted by Gasteiger charge is -1.98. The van der Waals surface area contributed by atoms with Gasteiger partial charge in [0, 0.05) is 6.07 Å². The molecule has 83 valence electrons. The van der Waals surface area contributed by atoms with Gasteiger partial charge in [0.15, 0.2) is 0 Å². The number of rotatable bonds is 3. The predicted octanol–water partition coefficient (Wildman–Crippen LogP) is 1.09. The first-order valence-electron chi connectivity index (χ1n) is 3.90. The Morgan fingerprint density at radius 1 is 1.31 bits per heavy atom. The highest BCUT2D eigenvalue weighted by molar-refractivity contribution is 5.90. The van der Waals surface area contributed by atoms with E-state index in [-0.39, 0.29) is 5.56 Å². The summed E-state index contributed by atoms with van der Waals surface area (Å²) in [5.41, 5.74) is -1.58. The number of nitrogens with zero attached hydrogens (tertiary/aromatic N) is 2. The number of esters is 1. The Morgan fingerprint density at radius 2 is 1.94 bits per heavy atom. The van der Waals surface area contributed by atoms with E-state index in [1.54, 1.807) is 0 Å². The van der Waals surface area contributed by atoms with Gasteiger partial charge in [0.05, 0.1) is 34.7 Å². The predicted molar refractivity (Wildman–Crippen MR) is 49.9 cm³/mol. The Labute approximate surface area is 88.7 Å². The van der Waals surface area contributed by atoms with Gasteiger partial charge in [0.1, 0.15) is 0 Å². The highest BCUT2D eigenvalue weighted by Crippen LogP contribution is 2.22. The van der Waals surface area contributed by atoms with E-state index < -0.39 is 27.2 Å². The van der Waals surface area contributed by atoms with Crippen LogP contribution in [0.5, 0.6) is 0 Å². The van der Waals surface area contributed by atoms with E-state index in [1.165, 1.54) is 0 Å². The second-order valence-corrected chi connectivity index (χ2v) is 2.64. The Balaban J connectivity index is 3.35. The van der Waals surface area contributed by atoms with Crippen molar-refractivity contribution in [1.82, 2.24) is 0 Å². The zero-order chi connectivity index (χ0) is 12.3. The lowest BCUT2D eigenvalue weighted by molar-refractivity contribution is -0.394. The van der Waals surface area contributed by atoms with E-state index in [1.807, 2.05) is 0 Å². The summed E-state index contributed by atoms with van der Waals surface area (Å²) in [6.45, 7) is 0. The van der Waals surface area contributed by atoms with Crippen molar-refractivity contribution >= 4 is 17.3 Å². The van der Waals surface area contributed by atoms with Crippen molar-refractivity contribution < 1.29 is 19.4 Å². The van der Waals surface area contributed by atoms with E-state index in [2.05, 4.69) is 10.8 Å². The van der Waals surface area contributed by atoms with Gasteiger partial charge in [0.25, 0.3) is 11.4 Å². The van der Waals surface area contributed by atoms with Gasteiger partial charge in [-0.3, -0.25) is 20.2 Å². The summed E-state index contributed by atoms with van der Waals surface area (Å²) >= 11 is 0. The van der Waals surface area contributed by atoms with Crippen LogP contribution in [0.25, 0.3) is 0 Å². The van der Waals surface area contributed by atoms with Gasteiger partial charge in [-0.15, -0.1) is 0 Å². The van der Waals surface area contributed by atoms with Gasteiger partial charge in [-0.05, 0) is 0 Å². The first-order chi connectivity index (χ1) is 7.45. The van der Waals surface area contributed by atoms with Crippen LogP contribution in [0.4, 0.5) is 11.4 Å². The first-order valence-corrected chi connectivity index (χ1v) is 3.90. The minimum absolute atomic E-state index is 0.358. The molecule has 0 aromatic heterocycles. The standard InChI is InChI=1S/C8H5N2O6/c1-16-8(11)5-2-6(9(12)13)4-7(3-5)10(14)15/h2,4H,1H3. The molecule has 0 aliphatic heterocycles. The molecule has 8 heteroatoms. The number of hydrogen-bond acceptors (Lipinski definition) is 6. The third kappa shape index (κ3) is 2.29. The smallest absolute Gasteiger partial charge is 0.339 e. The average Bonchev–Trinajstić information content (AvgIpc) is 2.27. The Kier molecular flexibility index (Phi) is 3.14. The molecular formula is C8H5N2O6. The summed E-state index contributed by atoms with van der Waals surface area (Å²) in [7, 11) is 1.06. The number of non-ortho nitro benzene ring substituents is 2. The highest BCUT2D eigenvalue weighted by Gasteiger charge is 2.20. The first kappa shape index (κ1) is 11.6. The largest absolute Gasteiger partial charge is 0.465 e. The third-order valence-electron chi connectivity index (χ3n) is 1.65. The van der Waals surface area contributed by atoms with Gasteiger partial charge in [-0.1, -0.05) is 0 Å². The number of benzene rings is 1. The van der Waals surface area contributed by atoms with Crippen LogP contribution < -0.4 is 0 Å². The van der Waals surface area contributed by atoms with Gasteiger partial charge in [0.2, 0.25) is 0 Å². The molecule has 1 radical (unpaired) electrons. The molecule has 1 aromatic rings. The zero-order valence-electron chi connectivity index (χ0n) is 8.00. The van der Waals surface area contributed by atoms with Crippen molar-refractivity contribution in [3.05, 3.63) is 44.0 Å². The molecule has 1 aromatic carbocycles. The van der Waals surface area contributed by atoms with Gasteiger partial charge >= 0.3 is 5.97 Å². The van der Waals surface area contributed by atoms with E-state index in [0.29, 0.717) is 6.07 Å². The maximum atomic E-state index is 11.1. The summed E-state index contributed by atoms with van der Waals surface area (Å²) in [6, 6.07) is 3.69. The van der Waals surface area contributed by atoms with Gasteiger partial charge in [-0.25, -0.2) is 4.79 Å². The van der Waals surface area contributed by atoms with Crippen molar-refractivity contribution in [2.45, 2.75) is 0 Å². The maximum Gasteiger partial charge on any atom is 0.339 e. The lowest BCUT2D eigenvalue weighted by atomic mass is 10.2. The van der Waals surface area contributed by atoms with Crippen LogP contribution in [0.3, 0.4) is 0 Å². The van der Waals surface area contributed by atoms with Crippen LogP contribution >= 0.6 is 0 Å². The summed E-state index contributed by atoms with van der Waals surface area (Å²) in [4.78, 5) is 30.2. The SMILES string of the molecule is COC(=O)c1[c]c([N+](=O)[O-])cc([N+](=O)[O-])c1. The number of nitro groups is 2. The molecule has 16 heavy (non-hydrogen) atoms. The zero-order valence-corrected chi connectivity index (χ0v) is 8.00. The average molecular weight is 225 g/mol. The van der Waals surface area contributed by atoms with Crippen molar-refractivity contribution in [2.24, 2.45) is 0 Å². The topological polar surface area (TPSA) is 113 Å². The number of methoxy groups -OCH3 is 1. The van der Waals surface area contributed by atoms with Crippen LogP contribution in [0.2, 0.25) is 0 Å². The molecule has 0 amide bonds. The number of hydrogen-bond donors (Lipinski definition) is 0. The maximum absolute atomic E-state index is 11.1. The summed E-state index contributed by atoms with van der Waals surface area (Å²) in [5.74, 6) is -0.924. The number of nitro benzene ring substituents is 2. The molecule has 0 aliphatic rings.